The number of hydrogen-bond acceptors (Lipinski definition) is 2. The predicted molar refractivity (Wildman–Crippen MR) is 62.8 cm³/mol. The van der Waals surface area contributed by atoms with Gasteiger partial charge in [-0.25, -0.2) is 0 Å². The smallest absolute Gasteiger partial charge is 0.0847 e. The molecule has 1 fully saturated rings. The highest BCUT2D eigenvalue weighted by Crippen LogP contribution is 2.34. The van der Waals surface area contributed by atoms with Gasteiger partial charge in [0, 0.05) is 5.69 Å². The van der Waals surface area contributed by atoms with Gasteiger partial charge in [-0.1, -0.05) is 26.0 Å². The summed E-state index contributed by atoms with van der Waals surface area (Å²) in [6.07, 6.45) is 3.27. The highest BCUT2D eigenvalue weighted by molar-refractivity contribution is 5.40. The van der Waals surface area contributed by atoms with Crippen molar-refractivity contribution in [2.24, 2.45) is 0 Å². The first-order chi connectivity index (χ1) is 7.20. The molecule has 1 aromatic carbocycles. The average molecular weight is 205 g/mol. The van der Waals surface area contributed by atoms with Crippen molar-refractivity contribution in [3.05, 3.63) is 29.8 Å². The van der Waals surface area contributed by atoms with Gasteiger partial charge in [0.05, 0.1) is 12.2 Å². The molecule has 15 heavy (non-hydrogen) atoms. The largest absolute Gasteiger partial charge is 0.399 e. The SMILES string of the molecule is CCC1OC1CC(C)c1ccc(N)cc1. The third-order valence-electron chi connectivity index (χ3n) is 3.18. The molecule has 0 radical (unpaired) electrons. The number of nitrogen functional groups attached to an aromatic ring is 1. The lowest BCUT2D eigenvalue weighted by Crippen LogP contribution is -2.01. The molecule has 1 aliphatic rings. The molecule has 0 saturated carbocycles. The zero-order valence-electron chi connectivity index (χ0n) is 9.44. The Hall–Kier alpha value is -1.02. The summed E-state index contributed by atoms with van der Waals surface area (Å²) in [5.74, 6) is 0.562. The van der Waals surface area contributed by atoms with Gasteiger partial charge in [0.15, 0.2) is 0 Å². The lowest BCUT2D eigenvalue weighted by atomic mass is 9.95. The fourth-order valence-corrected chi connectivity index (χ4v) is 2.05. The van der Waals surface area contributed by atoms with Crippen LogP contribution in [0, 0.1) is 0 Å². The molecule has 82 valence electrons. The van der Waals surface area contributed by atoms with Gasteiger partial charge in [-0.3, -0.25) is 0 Å². The van der Waals surface area contributed by atoms with E-state index in [1.807, 2.05) is 12.1 Å². The maximum atomic E-state index is 5.66. The van der Waals surface area contributed by atoms with Gasteiger partial charge in [-0.15, -0.1) is 0 Å². The van der Waals surface area contributed by atoms with Crippen LogP contribution in [-0.4, -0.2) is 12.2 Å². The second-order valence-electron chi connectivity index (χ2n) is 4.42. The van der Waals surface area contributed by atoms with Crippen LogP contribution in [0.25, 0.3) is 0 Å². The summed E-state index contributed by atoms with van der Waals surface area (Å²) in [6.45, 7) is 4.43. The van der Waals surface area contributed by atoms with Crippen LogP contribution in [0.15, 0.2) is 24.3 Å². The summed E-state index contributed by atoms with van der Waals surface area (Å²) >= 11 is 0. The maximum absolute atomic E-state index is 5.66. The van der Waals surface area contributed by atoms with Crippen molar-refractivity contribution in [2.45, 2.75) is 44.8 Å². The summed E-state index contributed by atoms with van der Waals surface area (Å²) in [5, 5.41) is 0. The first-order valence-corrected chi connectivity index (χ1v) is 5.71. The highest BCUT2D eigenvalue weighted by Gasteiger charge is 2.37. The maximum Gasteiger partial charge on any atom is 0.0847 e. The second-order valence-corrected chi connectivity index (χ2v) is 4.42. The monoisotopic (exact) mass is 205 g/mol. The van der Waals surface area contributed by atoms with Crippen LogP contribution in [-0.2, 0) is 4.74 Å². The molecule has 3 atom stereocenters. The standard InChI is InChI=1S/C13H19NO/c1-3-12-13(15-12)8-9(2)10-4-6-11(14)7-5-10/h4-7,9,12-13H,3,8,14H2,1-2H3. The number of benzene rings is 1. The molecule has 1 aromatic rings. The molecule has 1 heterocycles. The molecule has 3 unspecified atom stereocenters. The van der Waals surface area contributed by atoms with Gasteiger partial charge < -0.3 is 10.5 Å². The van der Waals surface area contributed by atoms with Crippen molar-refractivity contribution in [3.63, 3.8) is 0 Å². The fourth-order valence-electron chi connectivity index (χ4n) is 2.05. The van der Waals surface area contributed by atoms with E-state index in [1.165, 1.54) is 5.56 Å². The van der Waals surface area contributed by atoms with Gasteiger partial charge in [-0.05, 0) is 36.5 Å². The first-order valence-electron chi connectivity index (χ1n) is 5.71. The molecule has 0 amide bonds. The number of nitrogens with two attached hydrogens (primary N) is 1. The first kappa shape index (κ1) is 10.5. The summed E-state index contributed by atoms with van der Waals surface area (Å²) < 4.78 is 5.56. The van der Waals surface area contributed by atoms with E-state index in [1.54, 1.807) is 0 Å². The molecule has 1 saturated heterocycles. The Morgan fingerprint density at radius 1 is 1.27 bits per heavy atom. The van der Waals surface area contributed by atoms with Crippen molar-refractivity contribution < 1.29 is 4.74 Å². The van der Waals surface area contributed by atoms with Crippen LogP contribution in [0.2, 0.25) is 0 Å². The molecular formula is C13H19NO. The zero-order chi connectivity index (χ0) is 10.8. The minimum absolute atomic E-state index is 0.488. The van der Waals surface area contributed by atoms with E-state index in [2.05, 4.69) is 26.0 Å². The van der Waals surface area contributed by atoms with Crippen molar-refractivity contribution in [1.29, 1.82) is 0 Å². The van der Waals surface area contributed by atoms with Crippen LogP contribution >= 0.6 is 0 Å². The quantitative estimate of drug-likeness (QED) is 0.606. The fraction of sp³-hybridized carbons (Fsp3) is 0.538. The van der Waals surface area contributed by atoms with E-state index in [9.17, 15) is 0 Å². The van der Waals surface area contributed by atoms with E-state index >= 15 is 0 Å². The molecule has 2 nitrogen and oxygen atoms in total. The molecule has 0 aliphatic carbocycles. The molecule has 2 N–H and O–H groups in total. The summed E-state index contributed by atoms with van der Waals surface area (Å²) in [7, 11) is 0. The van der Waals surface area contributed by atoms with E-state index < -0.39 is 0 Å². The molecule has 0 aromatic heterocycles. The summed E-state index contributed by atoms with van der Waals surface area (Å²) in [5.41, 5.74) is 7.85. The van der Waals surface area contributed by atoms with Gasteiger partial charge in [0.2, 0.25) is 0 Å². The number of ether oxygens (including phenoxy) is 1. The second kappa shape index (κ2) is 4.23. The van der Waals surface area contributed by atoms with E-state index in [0.29, 0.717) is 18.1 Å². The Balaban J connectivity index is 1.91. The average Bonchev–Trinajstić information content (AvgIpc) is 2.97. The van der Waals surface area contributed by atoms with E-state index in [0.717, 1.165) is 18.5 Å². The van der Waals surface area contributed by atoms with Crippen LogP contribution in [0.4, 0.5) is 5.69 Å². The summed E-state index contributed by atoms with van der Waals surface area (Å²) in [4.78, 5) is 0. The van der Waals surface area contributed by atoms with Gasteiger partial charge in [0.1, 0.15) is 0 Å². The Bertz CT molecular complexity index is 320. The Morgan fingerprint density at radius 3 is 2.47 bits per heavy atom. The minimum atomic E-state index is 0.488. The Labute approximate surface area is 91.4 Å². The van der Waals surface area contributed by atoms with Gasteiger partial charge in [-0.2, -0.15) is 0 Å². The van der Waals surface area contributed by atoms with Crippen molar-refractivity contribution in [2.75, 3.05) is 5.73 Å². The molecular weight excluding hydrogens is 186 g/mol. The number of hydrogen-bond donors (Lipinski definition) is 1. The van der Waals surface area contributed by atoms with E-state index in [-0.39, 0.29) is 0 Å². The molecule has 2 heteroatoms. The van der Waals surface area contributed by atoms with Crippen LogP contribution < -0.4 is 5.73 Å². The third-order valence-corrected chi connectivity index (χ3v) is 3.18. The highest BCUT2D eigenvalue weighted by atomic mass is 16.6. The van der Waals surface area contributed by atoms with Gasteiger partial charge >= 0.3 is 0 Å². The van der Waals surface area contributed by atoms with Crippen molar-refractivity contribution in [1.82, 2.24) is 0 Å². The normalized spacial score (nSPS) is 26.3. The van der Waals surface area contributed by atoms with Crippen molar-refractivity contribution >= 4 is 5.69 Å². The van der Waals surface area contributed by atoms with Crippen LogP contribution in [0.3, 0.4) is 0 Å². The Morgan fingerprint density at radius 2 is 1.93 bits per heavy atom. The lowest BCUT2D eigenvalue weighted by molar-refractivity contribution is 0.353. The van der Waals surface area contributed by atoms with Crippen LogP contribution in [0.5, 0.6) is 0 Å². The molecule has 0 spiro atoms. The number of epoxide rings is 1. The van der Waals surface area contributed by atoms with Crippen molar-refractivity contribution in [3.8, 4) is 0 Å². The third kappa shape index (κ3) is 2.51. The minimum Gasteiger partial charge on any atom is -0.399 e. The molecule has 1 aliphatic heterocycles. The van der Waals surface area contributed by atoms with Crippen LogP contribution in [0.1, 0.15) is 38.2 Å². The number of rotatable bonds is 4. The zero-order valence-corrected chi connectivity index (χ0v) is 9.44. The topological polar surface area (TPSA) is 38.5 Å². The molecule has 2 rings (SSSR count). The predicted octanol–water partition coefficient (Wildman–Crippen LogP) is 2.94. The number of anilines is 1. The lowest BCUT2D eigenvalue weighted by Gasteiger charge is -2.10. The Kier molecular flexibility index (Phi) is 2.96. The van der Waals surface area contributed by atoms with E-state index in [4.69, 9.17) is 10.5 Å². The molecule has 0 bridgehead atoms. The van der Waals surface area contributed by atoms with Gasteiger partial charge in [0.25, 0.3) is 0 Å². The summed E-state index contributed by atoms with van der Waals surface area (Å²) in [6, 6.07) is 8.17.